The predicted octanol–water partition coefficient (Wildman–Crippen LogP) is 8.85. The first-order valence-corrected chi connectivity index (χ1v) is 15.0. The molecular weight excluding hydrogens is 549 g/mol. The lowest BCUT2D eigenvalue weighted by molar-refractivity contribution is -0.113. The van der Waals surface area contributed by atoms with E-state index >= 15 is 0 Å². The Hall–Kier alpha value is -5.20. The number of amides is 1. The van der Waals surface area contributed by atoms with E-state index in [9.17, 15) is 4.79 Å². The highest BCUT2D eigenvalue weighted by Gasteiger charge is 2.35. The first kappa shape index (κ1) is 26.7. The maximum atomic E-state index is 13.7. The molecule has 1 unspecified atom stereocenters. The van der Waals surface area contributed by atoms with E-state index in [2.05, 4.69) is 65.7 Å². The monoisotopic (exact) mass is 576 g/mol. The van der Waals surface area contributed by atoms with Crippen LogP contribution in [0.4, 0.5) is 17.1 Å². The van der Waals surface area contributed by atoms with Crippen molar-refractivity contribution >= 4 is 51.7 Å². The zero-order chi connectivity index (χ0) is 29.0. The van der Waals surface area contributed by atoms with Crippen LogP contribution < -0.4 is 9.91 Å². The number of anilines is 2. The van der Waals surface area contributed by atoms with Gasteiger partial charge in [0.05, 0.1) is 33.7 Å². The molecule has 0 bridgehead atoms. The quantitative estimate of drug-likeness (QED) is 0.190. The maximum absolute atomic E-state index is 13.7. The van der Waals surface area contributed by atoms with Crippen LogP contribution in [0.15, 0.2) is 161 Å². The topological polar surface area (TPSA) is 48.3 Å². The number of benzene rings is 5. The fraction of sp³-hybridized carbons (Fsp3) is 0.0541. The Morgan fingerprint density at radius 2 is 1.30 bits per heavy atom. The highest BCUT2D eigenvalue weighted by atomic mass is 32.2. The number of hydrazone groups is 1. The molecule has 0 radical (unpaired) electrons. The molecule has 7 rings (SSSR count). The van der Waals surface area contributed by atoms with Crippen molar-refractivity contribution in [3.8, 4) is 0 Å². The van der Waals surface area contributed by atoms with Crippen molar-refractivity contribution < 1.29 is 4.79 Å². The van der Waals surface area contributed by atoms with Crippen LogP contribution in [0.1, 0.15) is 29.2 Å². The van der Waals surface area contributed by atoms with E-state index in [1.165, 1.54) is 17.3 Å². The molecule has 208 valence electrons. The molecule has 0 spiro atoms. The largest absolute Gasteiger partial charge is 0.271 e. The predicted molar refractivity (Wildman–Crippen MR) is 179 cm³/mol. The van der Waals surface area contributed by atoms with Gasteiger partial charge in [0.2, 0.25) is 0 Å². The molecule has 1 atom stereocenters. The van der Waals surface area contributed by atoms with Crippen LogP contribution >= 0.6 is 11.8 Å². The maximum Gasteiger partial charge on any atom is 0.271 e. The van der Waals surface area contributed by atoms with E-state index in [1.54, 1.807) is 4.90 Å². The Morgan fingerprint density at radius 1 is 0.698 bits per heavy atom. The van der Waals surface area contributed by atoms with Gasteiger partial charge in [-0.15, -0.1) is 0 Å². The summed E-state index contributed by atoms with van der Waals surface area (Å²) in [7, 11) is 0. The van der Waals surface area contributed by atoms with Gasteiger partial charge in [-0.25, -0.2) is 4.99 Å². The van der Waals surface area contributed by atoms with Crippen molar-refractivity contribution in [1.82, 2.24) is 0 Å². The normalized spacial score (nSPS) is 18.5. The summed E-state index contributed by atoms with van der Waals surface area (Å²) in [5.41, 5.74) is 6.98. The van der Waals surface area contributed by atoms with Gasteiger partial charge in [0.25, 0.3) is 5.91 Å². The number of aliphatic imine (C=N–C) groups is 1. The standard InChI is InChI=1S/C37H28N4OS/c42-36-35(43-37(38-30-17-9-3-10-18-30)40(36)31-19-11-4-12-20-31)25-27-21-23-32(24-22-27)41-34(29-15-7-2-8-16-29)26-33(39-41)28-13-5-1-6-14-28/h1-25,34H,26H2. The summed E-state index contributed by atoms with van der Waals surface area (Å²) in [6, 6.07) is 48.6. The fourth-order valence-electron chi connectivity index (χ4n) is 5.33. The molecule has 0 aromatic heterocycles. The second kappa shape index (κ2) is 12.0. The third kappa shape index (κ3) is 5.65. The van der Waals surface area contributed by atoms with Gasteiger partial charge in [-0.1, -0.05) is 109 Å². The molecular formula is C37H28N4OS. The minimum absolute atomic E-state index is 0.0873. The third-order valence-electron chi connectivity index (χ3n) is 7.46. The van der Waals surface area contributed by atoms with Crippen LogP contribution in [0, 0.1) is 0 Å². The van der Waals surface area contributed by atoms with Crippen molar-refractivity contribution in [2.45, 2.75) is 12.5 Å². The van der Waals surface area contributed by atoms with Crippen LogP contribution in [0.5, 0.6) is 0 Å². The molecule has 0 N–H and O–H groups in total. The van der Waals surface area contributed by atoms with Gasteiger partial charge in [-0.3, -0.25) is 14.7 Å². The van der Waals surface area contributed by atoms with E-state index in [1.807, 2.05) is 91.0 Å². The first-order chi connectivity index (χ1) is 21.2. The van der Waals surface area contributed by atoms with Crippen molar-refractivity contribution in [3.05, 3.63) is 167 Å². The number of thioether (sulfide) groups is 1. The summed E-state index contributed by atoms with van der Waals surface area (Å²) in [4.78, 5) is 20.8. The van der Waals surface area contributed by atoms with E-state index in [0.29, 0.717) is 10.1 Å². The number of carbonyl (C=O) groups excluding carboxylic acids is 1. The summed E-state index contributed by atoms with van der Waals surface area (Å²) in [6.45, 7) is 0. The number of para-hydroxylation sites is 2. The molecule has 1 fully saturated rings. The number of carbonyl (C=O) groups is 1. The molecule has 1 saturated heterocycles. The molecule has 2 aliphatic heterocycles. The third-order valence-corrected chi connectivity index (χ3v) is 8.43. The smallest absolute Gasteiger partial charge is 0.268 e. The van der Waals surface area contributed by atoms with Gasteiger partial charge in [-0.2, -0.15) is 5.10 Å². The summed E-state index contributed by atoms with van der Waals surface area (Å²) in [5.74, 6) is -0.0873. The van der Waals surface area contributed by atoms with Crippen molar-refractivity contribution in [2.75, 3.05) is 9.91 Å². The van der Waals surface area contributed by atoms with Crippen molar-refractivity contribution in [2.24, 2.45) is 10.1 Å². The van der Waals surface area contributed by atoms with Gasteiger partial charge in [-0.05, 0) is 70.9 Å². The molecule has 43 heavy (non-hydrogen) atoms. The molecule has 2 heterocycles. The Labute approximate surface area is 255 Å². The zero-order valence-electron chi connectivity index (χ0n) is 23.3. The van der Waals surface area contributed by atoms with Gasteiger partial charge in [0.15, 0.2) is 5.17 Å². The number of nitrogens with zero attached hydrogens (tertiary/aromatic N) is 4. The summed E-state index contributed by atoms with van der Waals surface area (Å²) in [5, 5.41) is 7.83. The number of rotatable bonds is 6. The number of amidine groups is 1. The van der Waals surface area contributed by atoms with Crippen LogP contribution in [0.25, 0.3) is 6.08 Å². The average molecular weight is 577 g/mol. The van der Waals surface area contributed by atoms with E-state index in [-0.39, 0.29) is 11.9 Å². The molecule has 2 aliphatic rings. The molecule has 5 aromatic rings. The lowest BCUT2D eigenvalue weighted by Crippen LogP contribution is -2.28. The Balaban J connectivity index is 1.19. The summed E-state index contributed by atoms with van der Waals surface area (Å²) < 4.78 is 0. The molecule has 1 amide bonds. The second-order valence-corrected chi connectivity index (χ2v) is 11.3. The minimum Gasteiger partial charge on any atom is -0.268 e. The van der Waals surface area contributed by atoms with Gasteiger partial charge >= 0.3 is 0 Å². The second-order valence-electron chi connectivity index (χ2n) is 10.3. The molecule has 0 aliphatic carbocycles. The van der Waals surface area contributed by atoms with Gasteiger partial charge in [0, 0.05) is 6.42 Å². The lowest BCUT2D eigenvalue weighted by atomic mass is 9.98. The van der Waals surface area contributed by atoms with Gasteiger partial charge in [0.1, 0.15) is 0 Å². The lowest BCUT2D eigenvalue weighted by Gasteiger charge is -2.24. The van der Waals surface area contributed by atoms with E-state index in [0.717, 1.165) is 40.3 Å². The summed E-state index contributed by atoms with van der Waals surface area (Å²) >= 11 is 1.39. The van der Waals surface area contributed by atoms with Gasteiger partial charge < -0.3 is 0 Å². The minimum atomic E-state index is -0.0873. The first-order valence-electron chi connectivity index (χ1n) is 14.2. The molecule has 5 nitrogen and oxygen atoms in total. The van der Waals surface area contributed by atoms with Crippen LogP contribution in [0.3, 0.4) is 0 Å². The molecule has 0 saturated carbocycles. The van der Waals surface area contributed by atoms with Crippen molar-refractivity contribution in [1.29, 1.82) is 0 Å². The van der Waals surface area contributed by atoms with Crippen LogP contribution in [-0.2, 0) is 4.79 Å². The SMILES string of the molecule is O=C1C(=Cc2ccc(N3N=C(c4ccccc4)CC3c3ccccc3)cc2)SC(=Nc2ccccc2)N1c1ccccc1. The fourth-order valence-corrected chi connectivity index (χ4v) is 6.33. The van der Waals surface area contributed by atoms with E-state index < -0.39 is 0 Å². The zero-order valence-corrected chi connectivity index (χ0v) is 24.1. The Morgan fingerprint density at radius 3 is 1.98 bits per heavy atom. The highest BCUT2D eigenvalue weighted by Crippen LogP contribution is 2.39. The Bertz CT molecular complexity index is 1820. The molecule has 6 heteroatoms. The van der Waals surface area contributed by atoms with E-state index in [4.69, 9.17) is 10.1 Å². The highest BCUT2D eigenvalue weighted by molar-refractivity contribution is 8.19. The van der Waals surface area contributed by atoms with Crippen LogP contribution in [0.2, 0.25) is 0 Å². The number of hydrogen-bond acceptors (Lipinski definition) is 5. The Kier molecular flexibility index (Phi) is 7.42. The van der Waals surface area contributed by atoms with Crippen molar-refractivity contribution in [3.63, 3.8) is 0 Å². The van der Waals surface area contributed by atoms with Crippen LogP contribution in [-0.4, -0.2) is 16.8 Å². The molecule has 5 aromatic carbocycles. The average Bonchev–Trinajstić information content (AvgIpc) is 3.64. The number of hydrogen-bond donors (Lipinski definition) is 0. The summed E-state index contributed by atoms with van der Waals surface area (Å²) in [6.07, 6.45) is 2.77.